The van der Waals surface area contributed by atoms with Gasteiger partial charge in [0.25, 0.3) is 5.91 Å². The van der Waals surface area contributed by atoms with Crippen molar-refractivity contribution in [2.24, 2.45) is 0 Å². The van der Waals surface area contributed by atoms with E-state index in [1.807, 2.05) is 13.0 Å². The normalized spacial score (nSPS) is 10.5. The number of hydrogen-bond acceptors (Lipinski definition) is 6. The number of nitrogens with zero attached hydrogens (tertiary/aromatic N) is 3. The van der Waals surface area contributed by atoms with Gasteiger partial charge in [-0.2, -0.15) is 0 Å². The molecule has 0 saturated heterocycles. The van der Waals surface area contributed by atoms with Crippen LogP contribution in [-0.2, 0) is 4.74 Å². The second-order valence-corrected chi connectivity index (χ2v) is 5.81. The third-order valence-corrected chi connectivity index (χ3v) is 4.07. The summed E-state index contributed by atoms with van der Waals surface area (Å²) in [5.41, 5.74) is 3.51. The molecule has 7 nitrogen and oxygen atoms in total. The Balaban J connectivity index is 2.11. The standard InChI is InChI=1S/C19H27N5O2/c1-5-24(6-2)15-7-8-16(14(3)13-15)22-19-21-10-9-17(23-19)18(25)20-11-12-26-4/h7-10,13H,5-6,11-12H2,1-4H3,(H,20,25)(H,21,22,23). The van der Waals surface area contributed by atoms with E-state index < -0.39 is 0 Å². The molecule has 1 aromatic carbocycles. The van der Waals surface area contributed by atoms with Crippen LogP contribution >= 0.6 is 0 Å². The number of rotatable bonds is 9. The fraction of sp³-hybridized carbons (Fsp3) is 0.421. The summed E-state index contributed by atoms with van der Waals surface area (Å²) in [6.07, 6.45) is 1.57. The molecule has 2 rings (SSSR count). The van der Waals surface area contributed by atoms with Crippen molar-refractivity contribution in [2.45, 2.75) is 20.8 Å². The molecule has 2 N–H and O–H groups in total. The van der Waals surface area contributed by atoms with Crippen LogP contribution in [0.5, 0.6) is 0 Å². The van der Waals surface area contributed by atoms with Crippen LogP contribution in [0.15, 0.2) is 30.5 Å². The number of carbonyl (C=O) groups excluding carboxylic acids is 1. The first-order chi connectivity index (χ1) is 12.6. The molecule has 0 aliphatic rings. The number of amides is 1. The number of nitrogens with one attached hydrogen (secondary N) is 2. The van der Waals surface area contributed by atoms with Crippen molar-refractivity contribution in [3.8, 4) is 0 Å². The van der Waals surface area contributed by atoms with Crippen LogP contribution in [0.2, 0.25) is 0 Å². The minimum atomic E-state index is -0.249. The molecule has 0 aliphatic heterocycles. The number of ether oxygens (including phenoxy) is 1. The monoisotopic (exact) mass is 357 g/mol. The molecule has 0 atom stereocenters. The summed E-state index contributed by atoms with van der Waals surface area (Å²) in [4.78, 5) is 22.9. The Morgan fingerprint density at radius 3 is 2.65 bits per heavy atom. The van der Waals surface area contributed by atoms with Gasteiger partial charge >= 0.3 is 0 Å². The maximum absolute atomic E-state index is 12.1. The van der Waals surface area contributed by atoms with Gasteiger partial charge in [-0.15, -0.1) is 0 Å². The molecule has 140 valence electrons. The molecular formula is C19H27N5O2. The lowest BCUT2D eigenvalue weighted by atomic mass is 10.1. The van der Waals surface area contributed by atoms with Crippen LogP contribution in [0, 0.1) is 6.92 Å². The molecular weight excluding hydrogens is 330 g/mol. The highest BCUT2D eigenvalue weighted by molar-refractivity contribution is 5.92. The molecule has 7 heteroatoms. The van der Waals surface area contributed by atoms with Gasteiger partial charge in [-0.05, 0) is 50.6 Å². The lowest BCUT2D eigenvalue weighted by Gasteiger charge is -2.22. The number of carbonyl (C=O) groups is 1. The molecule has 0 radical (unpaired) electrons. The van der Waals surface area contributed by atoms with Gasteiger partial charge in [-0.1, -0.05) is 0 Å². The van der Waals surface area contributed by atoms with Crippen LogP contribution in [0.3, 0.4) is 0 Å². The van der Waals surface area contributed by atoms with Gasteiger partial charge in [0.05, 0.1) is 6.61 Å². The maximum Gasteiger partial charge on any atom is 0.270 e. The van der Waals surface area contributed by atoms with Gasteiger partial charge in [0.2, 0.25) is 5.95 Å². The van der Waals surface area contributed by atoms with Crippen LogP contribution in [0.1, 0.15) is 29.9 Å². The summed E-state index contributed by atoms with van der Waals surface area (Å²) in [5.74, 6) is 0.143. The van der Waals surface area contributed by atoms with E-state index in [0.717, 1.165) is 24.3 Å². The smallest absolute Gasteiger partial charge is 0.270 e. The average molecular weight is 357 g/mol. The van der Waals surface area contributed by atoms with E-state index in [9.17, 15) is 4.79 Å². The van der Waals surface area contributed by atoms with E-state index in [1.165, 1.54) is 5.69 Å². The highest BCUT2D eigenvalue weighted by Gasteiger charge is 2.10. The second kappa shape index (κ2) is 9.72. The van der Waals surface area contributed by atoms with Crippen molar-refractivity contribution in [1.82, 2.24) is 15.3 Å². The first-order valence-corrected chi connectivity index (χ1v) is 8.81. The summed E-state index contributed by atoms with van der Waals surface area (Å²) in [7, 11) is 1.59. The fourth-order valence-corrected chi connectivity index (χ4v) is 2.60. The molecule has 1 heterocycles. The van der Waals surface area contributed by atoms with Crippen molar-refractivity contribution < 1.29 is 9.53 Å². The number of aromatic nitrogens is 2. The summed E-state index contributed by atoms with van der Waals surface area (Å²) >= 11 is 0. The van der Waals surface area contributed by atoms with Gasteiger partial charge in [-0.3, -0.25) is 4.79 Å². The van der Waals surface area contributed by atoms with E-state index in [2.05, 4.69) is 51.5 Å². The highest BCUT2D eigenvalue weighted by Crippen LogP contribution is 2.24. The number of aryl methyl sites for hydroxylation is 1. The number of methoxy groups -OCH3 is 1. The minimum absolute atomic E-state index is 0.249. The maximum atomic E-state index is 12.1. The molecule has 0 fully saturated rings. The van der Waals surface area contributed by atoms with Gasteiger partial charge in [0.15, 0.2) is 0 Å². The van der Waals surface area contributed by atoms with Crippen molar-refractivity contribution in [1.29, 1.82) is 0 Å². The topological polar surface area (TPSA) is 79.4 Å². The fourth-order valence-electron chi connectivity index (χ4n) is 2.60. The summed E-state index contributed by atoms with van der Waals surface area (Å²) in [6, 6.07) is 7.81. The molecule has 0 spiro atoms. The quantitative estimate of drug-likeness (QED) is 0.672. The zero-order valence-electron chi connectivity index (χ0n) is 15.9. The lowest BCUT2D eigenvalue weighted by molar-refractivity contribution is 0.0932. The van der Waals surface area contributed by atoms with Crippen LogP contribution < -0.4 is 15.5 Å². The summed E-state index contributed by atoms with van der Waals surface area (Å²) in [6.45, 7) is 9.15. The van der Waals surface area contributed by atoms with E-state index in [1.54, 1.807) is 19.4 Å². The molecule has 0 unspecified atom stereocenters. The molecule has 1 aromatic heterocycles. The average Bonchev–Trinajstić information content (AvgIpc) is 2.65. The predicted molar refractivity (Wildman–Crippen MR) is 104 cm³/mol. The Morgan fingerprint density at radius 2 is 2.00 bits per heavy atom. The van der Waals surface area contributed by atoms with E-state index >= 15 is 0 Å². The third kappa shape index (κ3) is 5.16. The van der Waals surface area contributed by atoms with Crippen molar-refractivity contribution in [2.75, 3.05) is 43.6 Å². The van der Waals surface area contributed by atoms with E-state index in [0.29, 0.717) is 24.8 Å². The van der Waals surface area contributed by atoms with Gasteiger partial charge < -0.3 is 20.3 Å². The largest absolute Gasteiger partial charge is 0.383 e. The van der Waals surface area contributed by atoms with E-state index in [-0.39, 0.29) is 5.91 Å². The molecule has 1 amide bonds. The van der Waals surface area contributed by atoms with Gasteiger partial charge in [0, 0.05) is 44.3 Å². The van der Waals surface area contributed by atoms with Gasteiger partial charge in [-0.25, -0.2) is 9.97 Å². The van der Waals surface area contributed by atoms with Crippen molar-refractivity contribution >= 4 is 23.2 Å². The van der Waals surface area contributed by atoms with Crippen molar-refractivity contribution in [3.05, 3.63) is 41.7 Å². The number of benzene rings is 1. The highest BCUT2D eigenvalue weighted by atomic mass is 16.5. The third-order valence-electron chi connectivity index (χ3n) is 4.07. The Kier molecular flexibility index (Phi) is 7.35. The summed E-state index contributed by atoms with van der Waals surface area (Å²) in [5, 5.41) is 5.94. The number of hydrogen-bond donors (Lipinski definition) is 2. The Hall–Kier alpha value is -2.67. The summed E-state index contributed by atoms with van der Waals surface area (Å²) < 4.78 is 4.92. The first kappa shape index (κ1) is 19.7. The Morgan fingerprint density at radius 1 is 1.23 bits per heavy atom. The van der Waals surface area contributed by atoms with Crippen LogP contribution in [0.25, 0.3) is 0 Å². The van der Waals surface area contributed by atoms with Crippen LogP contribution in [-0.4, -0.2) is 49.2 Å². The molecule has 0 bridgehead atoms. The van der Waals surface area contributed by atoms with Crippen molar-refractivity contribution in [3.63, 3.8) is 0 Å². The first-order valence-electron chi connectivity index (χ1n) is 8.81. The predicted octanol–water partition coefficient (Wildman–Crippen LogP) is 2.75. The molecule has 0 saturated carbocycles. The minimum Gasteiger partial charge on any atom is -0.383 e. The SMILES string of the molecule is CCN(CC)c1ccc(Nc2nccc(C(=O)NCCOC)n2)c(C)c1. The molecule has 0 aliphatic carbocycles. The molecule has 2 aromatic rings. The van der Waals surface area contributed by atoms with Crippen LogP contribution in [0.4, 0.5) is 17.3 Å². The zero-order valence-corrected chi connectivity index (χ0v) is 15.9. The number of anilines is 3. The zero-order chi connectivity index (χ0) is 18.9. The van der Waals surface area contributed by atoms with Gasteiger partial charge in [0.1, 0.15) is 5.69 Å². The Bertz CT molecular complexity index is 732. The Labute approximate surface area is 154 Å². The van der Waals surface area contributed by atoms with E-state index in [4.69, 9.17) is 4.74 Å². The lowest BCUT2D eigenvalue weighted by Crippen LogP contribution is -2.27. The molecule has 26 heavy (non-hydrogen) atoms. The second-order valence-electron chi connectivity index (χ2n) is 5.81.